The van der Waals surface area contributed by atoms with E-state index in [9.17, 15) is 9.59 Å². The summed E-state index contributed by atoms with van der Waals surface area (Å²) >= 11 is 0. The lowest BCUT2D eigenvalue weighted by Gasteiger charge is -2.14. The summed E-state index contributed by atoms with van der Waals surface area (Å²) in [5.74, 6) is -0.713. The van der Waals surface area contributed by atoms with Crippen molar-refractivity contribution in [3.63, 3.8) is 0 Å². The number of Topliss-reactive ketones (excluding diaryl/α,β-unsaturated/α-hetero) is 1. The van der Waals surface area contributed by atoms with Crippen molar-refractivity contribution in [3.8, 4) is 0 Å². The molecule has 0 unspecified atom stereocenters. The summed E-state index contributed by atoms with van der Waals surface area (Å²) in [5.41, 5.74) is 0.525. The monoisotopic (exact) mass is 254 g/mol. The molecular formula is C12H18O4Si. The van der Waals surface area contributed by atoms with Crippen LogP contribution in [0.2, 0.25) is 19.6 Å². The second-order valence-electron chi connectivity index (χ2n) is 4.82. The lowest BCUT2D eigenvalue weighted by atomic mass is 10.2. The molecule has 94 valence electrons. The molecule has 0 atom stereocenters. The van der Waals surface area contributed by atoms with Crippen molar-refractivity contribution < 1.29 is 18.7 Å². The summed E-state index contributed by atoms with van der Waals surface area (Å²) in [6, 6.07) is 1.63. The average Bonchev–Trinajstić information content (AvgIpc) is 2.65. The van der Waals surface area contributed by atoms with Gasteiger partial charge in [-0.05, 0) is 13.0 Å². The highest BCUT2D eigenvalue weighted by Gasteiger charge is 2.28. The third-order valence-corrected chi connectivity index (χ3v) is 4.01. The Morgan fingerprint density at radius 3 is 2.53 bits per heavy atom. The van der Waals surface area contributed by atoms with Gasteiger partial charge in [-0.2, -0.15) is 0 Å². The number of rotatable bonds is 5. The topological polar surface area (TPSA) is 56.5 Å². The van der Waals surface area contributed by atoms with E-state index in [0.717, 1.165) is 5.38 Å². The van der Waals surface area contributed by atoms with Crippen molar-refractivity contribution in [1.82, 2.24) is 0 Å². The molecule has 0 bridgehead atoms. The number of hydrogen-bond donors (Lipinski definition) is 0. The zero-order chi connectivity index (χ0) is 13.1. The summed E-state index contributed by atoms with van der Waals surface area (Å²) in [6.07, 6.45) is 1.29. The van der Waals surface area contributed by atoms with Crippen LogP contribution in [0.25, 0.3) is 0 Å². The van der Waals surface area contributed by atoms with Gasteiger partial charge in [0.25, 0.3) is 0 Å². The lowest BCUT2D eigenvalue weighted by Crippen LogP contribution is -2.40. The smallest absolute Gasteiger partial charge is 0.313 e. The molecule has 1 heterocycles. The number of carbonyl (C=O) groups is 2. The molecule has 0 amide bonds. The van der Waals surface area contributed by atoms with Gasteiger partial charge >= 0.3 is 5.97 Å². The largest absolute Gasteiger partial charge is 0.474 e. The van der Waals surface area contributed by atoms with Crippen molar-refractivity contribution in [2.75, 3.05) is 6.61 Å². The Morgan fingerprint density at radius 2 is 2.00 bits per heavy atom. The van der Waals surface area contributed by atoms with Crippen molar-refractivity contribution in [3.05, 3.63) is 17.9 Å². The van der Waals surface area contributed by atoms with Crippen LogP contribution in [0.15, 0.2) is 16.7 Å². The van der Waals surface area contributed by atoms with E-state index in [1.165, 1.54) is 6.26 Å². The van der Waals surface area contributed by atoms with Crippen molar-refractivity contribution in [2.45, 2.75) is 33.0 Å². The van der Waals surface area contributed by atoms with E-state index in [2.05, 4.69) is 19.6 Å². The first-order valence-corrected chi connectivity index (χ1v) is 9.13. The molecule has 1 aromatic rings. The standard InChI is InChI=1S/C12H18O4Si/c1-5-15-11(14)8-10(13)9-6-7-16-12(9)17(2,3)4/h6-7H,5,8H2,1-4H3. The Balaban J connectivity index is 2.84. The van der Waals surface area contributed by atoms with E-state index < -0.39 is 14.0 Å². The molecule has 0 N–H and O–H groups in total. The molecule has 1 rings (SSSR count). The highest BCUT2D eigenvalue weighted by molar-refractivity contribution is 6.88. The highest BCUT2D eigenvalue weighted by Crippen LogP contribution is 2.10. The van der Waals surface area contributed by atoms with Crippen LogP contribution in [0, 0.1) is 0 Å². The normalized spacial score (nSPS) is 11.3. The second-order valence-corrected chi connectivity index (χ2v) is 9.77. The van der Waals surface area contributed by atoms with Crippen LogP contribution >= 0.6 is 0 Å². The van der Waals surface area contributed by atoms with Gasteiger partial charge in [0.2, 0.25) is 0 Å². The van der Waals surface area contributed by atoms with E-state index in [-0.39, 0.29) is 12.2 Å². The van der Waals surface area contributed by atoms with E-state index in [1.807, 2.05) is 0 Å². The van der Waals surface area contributed by atoms with Gasteiger partial charge in [-0.1, -0.05) is 19.6 Å². The minimum Gasteiger partial charge on any atom is -0.474 e. The van der Waals surface area contributed by atoms with Crippen LogP contribution in [0.1, 0.15) is 23.7 Å². The Labute approximate surface area is 102 Å². The van der Waals surface area contributed by atoms with Crippen molar-refractivity contribution in [1.29, 1.82) is 0 Å². The van der Waals surface area contributed by atoms with E-state index in [1.54, 1.807) is 13.0 Å². The third-order valence-electron chi connectivity index (χ3n) is 2.26. The second kappa shape index (κ2) is 5.31. The van der Waals surface area contributed by atoms with Crippen molar-refractivity contribution in [2.24, 2.45) is 0 Å². The molecule has 0 aromatic carbocycles. The predicted octanol–water partition coefficient (Wildman–Crippen LogP) is 1.96. The number of hydrogen-bond acceptors (Lipinski definition) is 4. The number of ketones is 1. The van der Waals surface area contributed by atoms with E-state index >= 15 is 0 Å². The molecule has 5 heteroatoms. The number of esters is 1. The van der Waals surface area contributed by atoms with Crippen LogP contribution in [0.4, 0.5) is 0 Å². The number of ether oxygens (including phenoxy) is 1. The fourth-order valence-electron chi connectivity index (χ4n) is 1.55. The van der Waals surface area contributed by atoms with Gasteiger partial charge < -0.3 is 9.15 Å². The average molecular weight is 254 g/mol. The maximum Gasteiger partial charge on any atom is 0.313 e. The Kier molecular flexibility index (Phi) is 4.28. The maximum atomic E-state index is 11.9. The Hall–Kier alpha value is -1.36. The first-order valence-electron chi connectivity index (χ1n) is 5.63. The molecule has 4 nitrogen and oxygen atoms in total. The van der Waals surface area contributed by atoms with Crippen molar-refractivity contribution >= 4 is 25.2 Å². The molecule has 17 heavy (non-hydrogen) atoms. The number of furan rings is 1. The fourth-order valence-corrected chi connectivity index (χ4v) is 3.00. The minimum absolute atomic E-state index is 0.217. The summed E-state index contributed by atoms with van der Waals surface area (Å²) in [4.78, 5) is 23.2. The minimum atomic E-state index is -1.70. The van der Waals surface area contributed by atoms with Crippen LogP contribution in [0.5, 0.6) is 0 Å². The lowest BCUT2D eigenvalue weighted by molar-refractivity contribution is -0.141. The quantitative estimate of drug-likeness (QED) is 0.349. The van der Waals surface area contributed by atoms with Gasteiger partial charge in [0.05, 0.1) is 23.8 Å². The third kappa shape index (κ3) is 3.56. The molecule has 0 fully saturated rings. The van der Waals surface area contributed by atoms with Gasteiger partial charge in [-0.3, -0.25) is 9.59 Å². The van der Waals surface area contributed by atoms with Gasteiger partial charge in [0.1, 0.15) is 14.5 Å². The van der Waals surface area contributed by atoms with Crippen LogP contribution < -0.4 is 5.38 Å². The predicted molar refractivity (Wildman–Crippen MR) is 67.3 cm³/mol. The van der Waals surface area contributed by atoms with Gasteiger partial charge in [-0.15, -0.1) is 0 Å². The maximum absolute atomic E-state index is 11.9. The summed E-state index contributed by atoms with van der Waals surface area (Å²) in [6.45, 7) is 8.28. The Bertz CT molecular complexity index is 414. The molecule has 0 aliphatic heterocycles. The molecule has 0 saturated carbocycles. The molecule has 1 aromatic heterocycles. The first-order chi connectivity index (χ1) is 7.86. The Morgan fingerprint density at radius 1 is 1.35 bits per heavy atom. The molecule has 0 saturated heterocycles. The molecule has 0 radical (unpaired) electrons. The molecule has 0 spiro atoms. The van der Waals surface area contributed by atoms with Crippen LogP contribution in [-0.4, -0.2) is 26.4 Å². The van der Waals surface area contributed by atoms with Gasteiger partial charge in [0, 0.05) is 0 Å². The van der Waals surface area contributed by atoms with E-state index in [4.69, 9.17) is 9.15 Å². The summed E-state index contributed by atoms with van der Waals surface area (Å²) in [7, 11) is -1.70. The molecule has 0 aliphatic rings. The van der Waals surface area contributed by atoms with Crippen LogP contribution in [-0.2, 0) is 9.53 Å². The summed E-state index contributed by atoms with van der Waals surface area (Å²) < 4.78 is 10.1. The fraction of sp³-hybridized carbons (Fsp3) is 0.500. The molecular weight excluding hydrogens is 236 g/mol. The summed E-state index contributed by atoms with van der Waals surface area (Å²) in [5, 5.41) is 0.742. The van der Waals surface area contributed by atoms with Crippen LogP contribution in [0.3, 0.4) is 0 Å². The zero-order valence-electron chi connectivity index (χ0n) is 10.7. The highest BCUT2D eigenvalue weighted by atomic mass is 28.3. The van der Waals surface area contributed by atoms with Gasteiger partial charge in [0.15, 0.2) is 5.78 Å². The molecule has 0 aliphatic carbocycles. The SMILES string of the molecule is CCOC(=O)CC(=O)c1ccoc1[Si](C)(C)C. The number of carbonyl (C=O) groups excluding carboxylic acids is 2. The van der Waals surface area contributed by atoms with Gasteiger partial charge in [-0.25, -0.2) is 0 Å². The zero-order valence-corrected chi connectivity index (χ0v) is 11.7. The van der Waals surface area contributed by atoms with E-state index in [0.29, 0.717) is 12.2 Å². The first kappa shape index (κ1) is 13.7.